The van der Waals surface area contributed by atoms with Gasteiger partial charge in [0.15, 0.2) is 0 Å². The van der Waals surface area contributed by atoms with Crippen LogP contribution in [-0.4, -0.2) is 6.54 Å². The van der Waals surface area contributed by atoms with E-state index in [4.69, 9.17) is 0 Å². The van der Waals surface area contributed by atoms with Crippen LogP contribution < -0.4 is 5.32 Å². The van der Waals surface area contributed by atoms with E-state index in [-0.39, 0.29) is 0 Å². The van der Waals surface area contributed by atoms with Crippen LogP contribution in [0.3, 0.4) is 0 Å². The Morgan fingerprint density at radius 3 is 2.52 bits per heavy atom. The molecule has 0 saturated heterocycles. The molecule has 1 unspecified atom stereocenters. The summed E-state index contributed by atoms with van der Waals surface area (Å²) >= 11 is 0. The molecule has 1 aliphatic rings. The lowest BCUT2D eigenvalue weighted by molar-refractivity contribution is 0.214. The summed E-state index contributed by atoms with van der Waals surface area (Å²) in [5.41, 5.74) is 2.88. The summed E-state index contributed by atoms with van der Waals surface area (Å²) in [6.07, 6.45) is 9.92. The molecular formula is C20H33N. The predicted molar refractivity (Wildman–Crippen MR) is 92.6 cm³/mol. The van der Waals surface area contributed by atoms with Crippen LogP contribution in [0.15, 0.2) is 24.3 Å². The molecule has 1 N–H and O–H groups in total. The molecule has 0 radical (unpaired) electrons. The summed E-state index contributed by atoms with van der Waals surface area (Å²) in [4.78, 5) is 0. The number of unbranched alkanes of at least 4 members (excludes halogenated alkanes) is 1. The molecule has 1 aliphatic carbocycles. The minimum Gasteiger partial charge on any atom is -0.310 e. The minimum absolute atomic E-state index is 0.557. The third kappa shape index (κ3) is 4.85. The Hall–Kier alpha value is -0.820. The summed E-state index contributed by atoms with van der Waals surface area (Å²) < 4.78 is 0. The van der Waals surface area contributed by atoms with Gasteiger partial charge in [-0.1, -0.05) is 75.8 Å². The maximum atomic E-state index is 3.75. The maximum absolute atomic E-state index is 3.75. The molecule has 1 saturated carbocycles. The van der Waals surface area contributed by atoms with Crippen LogP contribution in [0, 0.1) is 18.8 Å². The van der Waals surface area contributed by atoms with Crippen LogP contribution in [0.2, 0.25) is 0 Å². The van der Waals surface area contributed by atoms with Gasteiger partial charge in [-0.25, -0.2) is 0 Å². The standard InChI is InChI=1S/C20H33N/c1-4-6-9-17-11-13-18(14-12-17)20(21-5-2)19-10-7-8-16(3)15-19/h7-8,10,15,17-18,20-21H,4-6,9,11-14H2,1-3H3. The predicted octanol–water partition coefficient (Wildman–Crippen LogP) is 5.64. The first-order valence-electron chi connectivity index (χ1n) is 9.04. The molecule has 1 atom stereocenters. The molecule has 1 aromatic carbocycles. The number of hydrogen-bond donors (Lipinski definition) is 1. The van der Waals surface area contributed by atoms with E-state index in [2.05, 4.69) is 50.4 Å². The van der Waals surface area contributed by atoms with E-state index in [0.29, 0.717) is 6.04 Å². The smallest absolute Gasteiger partial charge is 0.0348 e. The van der Waals surface area contributed by atoms with Crippen LogP contribution >= 0.6 is 0 Å². The molecule has 1 aromatic rings. The molecule has 1 fully saturated rings. The number of rotatable bonds is 7. The Morgan fingerprint density at radius 2 is 1.90 bits per heavy atom. The van der Waals surface area contributed by atoms with Crippen molar-refractivity contribution in [1.29, 1.82) is 0 Å². The highest BCUT2D eigenvalue weighted by molar-refractivity contribution is 5.25. The molecule has 0 amide bonds. The molecule has 0 heterocycles. The zero-order valence-corrected chi connectivity index (χ0v) is 14.2. The minimum atomic E-state index is 0.557. The Bertz CT molecular complexity index is 404. The summed E-state index contributed by atoms with van der Waals surface area (Å²) in [7, 11) is 0. The summed E-state index contributed by atoms with van der Waals surface area (Å²) in [5, 5.41) is 3.75. The molecule has 0 spiro atoms. The zero-order valence-electron chi connectivity index (χ0n) is 14.2. The lowest BCUT2D eigenvalue weighted by atomic mass is 9.75. The van der Waals surface area contributed by atoms with Crippen LogP contribution in [0.1, 0.15) is 76.0 Å². The van der Waals surface area contributed by atoms with Crippen LogP contribution in [0.4, 0.5) is 0 Å². The number of nitrogens with one attached hydrogen (secondary N) is 1. The third-order valence-electron chi connectivity index (χ3n) is 5.15. The highest BCUT2D eigenvalue weighted by Crippen LogP contribution is 2.38. The van der Waals surface area contributed by atoms with Crippen molar-refractivity contribution in [1.82, 2.24) is 5.32 Å². The van der Waals surface area contributed by atoms with E-state index >= 15 is 0 Å². The molecule has 0 bridgehead atoms. The second-order valence-corrected chi connectivity index (χ2v) is 6.87. The number of benzene rings is 1. The SMILES string of the molecule is CCCCC1CCC(C(NCC)c2cccc(C)c2)CC1. The first-order chi connectivity index (χ1) is 10.2. The Morgan fingerprint density at radius 1 is 1.14 bits per heavy atom. The highest BCUT2D eigenvalue weighted by Gasteiger charge is 2.27. The summed E-state index contributed by atoms with van der Waals surface area (Å²) in [5.74, 6) is 1.82. The zero-order chi connectivity index (χ0) is 15.1. The van der Waals surface area contributed by atoms with Crippen LogP contribution in [0.25, 0.3) is 0 Å². The van der Waals surface area contributed by atoms with Crippen LogP contribution in [0.5, 0.6) is 0 Å². The van der Waals surface area contributed by atoms with E-state index in [1.54, 1.807) is 0 Å². The fraction of sp³-hybridized carbons (Fsp3) is 0.700. The Labute approximate surface area is 131 Å². The molecule has 2 rings (SSSR count). The van der Waals surface area contributed by atoms with Gasteiger partial charge in [-0.2, -0.15) is 0 Å². The van der Waals surface area contributed by atoms with E-state index < -0.39 is 0 Å². The van der Waals surface area contributed by atoms with Crippen molar-refractivity contribution in [3.05, 3.63) is 35.4 Å². The number of aryl methyl sites for hydroxylation is 1. The third-order valence-corrected chi connectivity index (χ3v) is 5.15. The van der Waals surface area contributed by atoms with Crippen molar-refractivity contribution in [2.75, 3.05) is 6.54 Å². The van der Waals surface area contributed by atoms with Gasteiger partial charge in [-0.05, 0) is 43.7 Å². The summed E-state index contributed by atoms with van der Waals surface area (Å²) in [6.45, 7) is 7.81. The topological polar surface area (TPSA) is 12.0 Å². The van der Waals surface area contributed by atoms with E-state index in [9.17, 15) is 0 Å². The first-order valence-corrected chi connectivity index (χ1v) is 9.04. The van der Waals surface area contributed by atoms with Gasteiger partial charge in [-0.15, -0.1) is 0 Å². The monoisotopic (exact) mass is 287 g/mol. The van der Waals surface area contributed by atoms with Crippen molar-refractivity contribution in [2.45, 2.75) is 71.8 Å². The van der Waals surface area contributed by atoms with E-state index in [1.165, 1.54) is 56.1 Å². The van der Waals surface area contributed by atoms with Gasteiger partial charge in [0.1, 0.15) is 0 Å². The largest absolute Gasteiger partial charge is 0.310 e. The lowest BCUT2D eigenvalue weighted by Crippen LogP contribution is -2.31. The molecule has 0 aliphatic heterocycles. The van der Waals surface area contributed by atoms with Crippen molar-refractivity contribution in [3.63, 3.8) is 0 Å². The van der Waals surface area contributed by atoms with Crippen molar-refractivity contribution in [3.8, 4) is 0 Å². The molecule has 0 aromatic heterocycles. The summed E-state index contributed by atoms with van der Waals surface area (Å²) in [6, 6.07) is 9.65. The molecule has 1 heteroatoms. The number of hydrogen-bond acceptors (Lipinski definition) is 1. The van der Waals surface area contributed by atoms with Gasteiger partial charge < -0.3 is 5.32 Å². The highest BCUT2D eigenvalue weighted by atomic mass is 14.9. The van der Waals surface area contributed by atoms with Gasteiger partial charge in [0, 0.05) is 6.04 Å². The average molecular weight is 287 g/mol. The fourth-order valence-electron chi connectivity index (χ4n) is 3.94. The Balaban J connectivity index is 1.97. The van der Waals surface area contributed by atoms with Gasteiger partial charge in [0.05, 0.1) is 0 Å². The van der Waals surface area contributed by atoms with Crippen molar-refractivity contribution in [2.24, 2.45) is 11.8 Å². The average Bonchev–Trinajstić information content (AvgIpc) is 2.51. The van der Waals surface area contributed by atoms with Crippen molar-refractivity contribution < 1.29 is 0 Å². The second kappa shape index (κ2) is 8.58. The first kappa shape index (κ1) is 16.5. The van der Waals surface area contributed by atoms with Crippen molar-refractivity contribution >= 4 is 0 Å². The van der Waals surface area contributed by atoms with E-state index in [1.807, 2.05) is 0 Å². The quantitative estimate of drug-likeness (QED) is 0.684. The normalized spacial score (nSPS) is 24.0. The lowest BCUT2D eigenvalue weighted by Gasteiger charge is -2.35. The fourth-order valence-corrected chi connectivity index (χ4v) is 3.94. The second-order valence-electron chi connectivity index (χ2n) is 6.87. The molecule has 118 valence electrons. The van der Waals surface area contributed by atoms with Gasteiger partial charge in [0.2, 0.25) is 0 Å². The van der Waals surface area contributed by atoms with E-state index in [0.717, 1.165) is 18.4 Å². The molecule has 1 nitrogen and oxygen atoms in total. The Kier molecular flexibility index (Phi) is 6.76. The maximum Gasteiger partial charge on any atom is 0.0348 e. The van der Waals surface area contributed by atoms with Crippen LogP contribution in [-0.2, 0) is 0 Å². The molecular weight excluding hydrogens is 254 g/mol. The molecule has 21 heavy (non-hydrogen) atoms. The van der Waals surface area contributed by atoms with Gasteiger partial charge in [-0.3, -0.25) is 0 Å². The van der Waals surface area contributed by atoms with Gasteiger partial charge in [0.25, 0.3) is 0 Å². The van der Waals surface area contributed by atoms with Gasteiger partial charge >= 0.3 is 0 Å².